The smallest absolute Gasteiger partial charge is 0.351 e. The van der Waals surface area contributed by atoms with E-state index < -0.39 is 66.0 Å². The Bertz CT molecular complexity index is 650. The van der Waals surface area contributed by atoms with Crippen LogP contribution in [0.3, 0.4) is 0 Å². The molecule has 2 bridgehead atoms. The molecule has 0 heterocycles. The van der Waals surface area contributed by atoms with Crippen molar-refractivity contribution in [1.82, 2.24) is 0 Å². The summed E-state index contributed by atoms with van der Waals surface area (Å²) in [5.41, 5.74) is -16.2. The van der Waals surface area contributed by atoms with Crippen molar-refractivity contribution in [2.45, 2.75) is 53.4 Å². The largest absolute Gasteiger partial charge is 0.449 e. The molecule has 26 heavy (non-hydrogen) atoms. The van der Waals surface area contributed by atoms with Gasteiger partial charge in [0, 0.05) is 12.5 Å². The zero-order valence-electron chi connectivity index (χ0n) is 12.4. The van der Waals surface area contributed by atoms with Crippen molar-refractivity contribution in [1.29, 1.82) is 0 Å². The fourth-order valence-corrected chi connectivity index (χ4v) is 3.32. The predicted octanol–water partition coefficient (Wildman–Crippen LogP) is 3.21. The first kappa shape index (κ1) is 20.8. The topological polar surface area (TPSA) is 46.5 Å². The summed E-state index contributed by atoms with van der Waals surface area (Å²) in [5.74, 6) is -26.7. The fourth-order valence-electron chi connectivity index (χ4n) is 3.32. The Balaban J connectivity index is 2.91. The Labute approximate surface area is 138 Å². The zero-order chi connectivity index (χ0) is 20.6. The summed E-state index contributed by atoms with van der Waals surface area (Å²) in [6, 6.07) is 0. The molecule has 2 saturated carbocycles. The molecule has 0 amide bonds. The van der Waals surface area contributed by atoms with Crippen LogP contribution in [0, 0.1) is 0 Å². The normalized spacial score (nSPS) is 45.7. The number of alkyl halides is 10. The van der Waals surface area contributed by atoms with Crippen molar-refractivity contribution in [3.05, 3.63) is 12.7 Å². The van der Waals surface area contributed by atoms with Crippen LogP contribution < -0.4 is 0 Å². The fraction of sp³-hybridized carbons (Fsp3) is 0.769. The van der Waals surface area contributed by atoms with Gasteiger partial charge < -0.3 is 9.84 Å². The minimum Gasteiger partial charge on any atom is -0.449 e. The quantitative estimate of drug-likeness (QED) is 0.447. The summed E-state index contributed by atoms with van der Waals surface area (Å²) in [6.45, 7) is -0.238. The average molecular weight is 404 g/mol. The van der Waals surface area contributed by atoms with E-state index in [1.54, 1.807) is 0 Å². The molecule has 2 aliphatic carbocycles. The molecule has 0 aromatic carbocycles. The lowest BCUT2D eigenvalue weighted by molar-refractivity contribution is -0.484. The molecule has 0 aromatic heterocycles. The molecule has 3 nitrogen and oxygen atoms in total. The molecule has 2 rings (SSSR count). The van der Waals surface area contributed by atoms with E-state index >= 15 is 0 Å². The monoisotopic (exact) mass is 404 g/mol. The third-order valence-electron chi connectivity index (χ3n) is 4.67. The van der Waals surface area contributed by atoms with Gasteiger partial charge >= 0.3 is 29.4 Å². The Hall–Kier alpha value is -1.53. The predicted molar refractivity (Wildman–Crippen MR) is 62.8 cm³/mol. The molecule has 2 fully saturated rings. The third-order valence-corrected chi connectivity index (χ3v) is 4.67. The molecule has 4 unspecified atom stereocenters. The molecular weight excluding hydrogens is 394 g/mol. The molecule has 13 heteroatoms. The highest BCUT2D eigenvalue weighted by Crippen LogP contribution is 2.73. The highest BCUT2D eigenvalue weighted by Gasteiger charge is 3.01. The first-order valence-electron chi connectivity index (χ1n) is 6.77. The molecule has 0 aliphatic heterocycles. The van der Waals surface area contributed by atoms with Crippen LogP contribution in [0.5, 0.6) is 0 Å². The van der Waals surface area contributed by atoms with Crippen molar-refractivity contribution in [2.24, 2.45) is 0 Å². The van der Waals surface area contributed by atoms with E-state index in [0.29, 0.717) is 0 Å². The van der Waals surface area contributed by atoms with E-state index in [-0.39, 0.29) is 6.08 Å². The van der Waals surface area contributed by atoms with Gasteiger partial charge in [-0.3, -0.25) is 0 Å². The van der Waals surface area contributed by atoms with Gasteiger partial charge in [0.15, 0.2) is 5.60 Å². The number of hydrogen-bond acceptors (Lipinski definition) is 3. The van der Waals surface area contributed by atoms with E-state index in [4.69, 9.17) is 5.11 Å². The second kappa shape index (κ2) is 5.04. The number of carbonyl (C=O) groups is 1. The highest BCUT2D eigenvalue weighted by molar-refractivity contribution is 5.81. The Morgan fingerprint density at radius 1 is 0.962 bits per heavy atom. The SMILES string of the molecule is C=CC(=O)OC12CC(O)(F)C(F)(F)C(F)(C(F)(F)C(F)(CF)C1)C2(F)F. The van der Waals surface area contributed by atoms with E-state index in [1.165, 1.54) is 0 Å². The van der Waals surface area contributed by atoms with Gasteiger partial charge in [-0.1, -0.05) is 6.58 Å². The number of carbonyl (C=O) groups excluding carboxylic acids is 1. The number of esters is 1. The minimum atomic E-state index is -6.77. The second-order valence-corrected chi connectivity index (χ2v) is 6.21. The average Bonchev–Trinajstić information content (AvgIpc) is 2.50. The molecule has 0 radical (unpaired) electrons. The summed E-state index contributed by atoms with van der Waals surface area (Å²) in [4.78, 5) is 11.2. The maximum absolute atomic E-state index is 14.6. The first-order chi connectivity index (χ1) is 11.4. The number of halogens is 10. The Morgan fingerprint density at radius 2 is 1.46 bits per heavy atom. The summed E-state index contributed by atoms with van der Waals surface area (Å²) < 4.78 is 144. The highest BCUT2D eigenvalue weighted by atomic mass is 19.3. The molecular formula is C13H10F10O3. The molecule has 0 aromatic rings. The van der Waals surface area contributed by atoms with Crippen molar-refractivity contribution in [3.63, 3.8) is 0 Å². The molecule has 0 saturated heterocycles. The van der Waals surface area contributed by atoms with Gasteiger partial charge in [0.1, 0.15) is 6.67 Å². The third kappa shape index (κ3) is 1.87. The number of ether oxygens (including phenoxy) is 1. The summed E-state index contributed by atoms with van der Waals surface area (Å²) in [5, 5.41) is 9.07. The van der Waals surface area contributed by atoms with Gasteiger partial charge in [0.25, 0.3) is 5.85 Å². The van der Waals surface area contributed by atoms with Crippen LogP contribution in [-0.2, 0) is 9.53 Å². The first-order valence-corrected chi connectivity index (χ1v) is 6.77. The Kier molecular flexibility index (Phi) is 4.03. The van der Waals surface area contributed by atoms with E-state index in [1.807, 2.05) is 0 Å². The Morgan fingerprint density at radius 3 is 1.88 bits per heavy atom. The number of hydrogen-bond donors (Lipinski definition) is 1. The molecule has 2 aliphatic rings. The van der Waals surface area contributed by atoms with Crippen molar-refractivity contribution < 1.29 is 58.5 Å². The van der Waals surface area contributed by atoms with Crippen LogP contribution in [-0.4, -0.2) is 58.3 Å². The van der Waals surface area contributed by atoms with E-state index in [2.05, 4.69) is 11.3 Å². The van der Waals surface area contributed by atoms with Gasteiger partial charge in [-0.2, -0.15) is 26.3 Å². The van der Waals surface area contributed by atoms with Gasteiger partial charge in [0.2, 0.25) is 5.67 Å². The van der Waals surface area contributed by atoms with Crippen molar-refractivity contribution in [2.75, 3.05) is 6.67 Å². The van der Waals surface area contributed by atoms with Crippen molar-refractivity contribution >= 4 is 5.97 Å². The van der Waals surface area contributed by atoms with Crippen LogP contribution in [0.25, 0.3) is 0 Å². The van der Waals surface area contributed by atoms with Gasteiger partial charge in [-0.25, -0.2) is 22.4 Å². The molecule has 1 N–H and O–H groups in total. The van der Waals surface area contributed by atoms with E-state index in [9.17, 15) is 48.7 Å². The standard InChI is InChI=1S/C13H10F10O3/c1-2-6(24)26-8-3-7(15,5-14)11(18,19)10(17,12(8,20)21)13(22,23)9(16,25)4-8/h2,25H,1,3-5H2. The summed E-state index contributed by atoms with van der Waals surface area (Å²) in [7, 11) is 0. The zero-order valence-corrected chi connectivity index (χ0v) is 12.4. The van der Waals surface area contributed by atoms with Crippen molar-refractivity contribution in [3.8, 4) is 0 Å². The van der Waals surface area contributed by atoms with E-state index in [0.717, 1.165) is 0 Å². The van der Waals surface area contributed by atoms with Crippen LogP contribution >= 0.6 is 0 Å². The molecule has 150 valence electrons. The molecule has 4 atom stereocenters. The lowest BCUT2D eigenvalue weighted by Gasteiger charge is -2.62. The number of fused-ring (bicyclic) bond motifs is 2. The van der Waals surface area contributed by atoms with Crippen LogP contribution in [0.15, 0.2) is 12.7 Å². The lowest BCUT2D eigenvalue weighted by Crippen LogP contribution is -2.90. The minimum absolute atomic E-state index is 0.0802. The number of aliphatic hydroxyl groups is 1. The summed E-state index contributed by atoms with van der Waals surface area (Å²) in [6.07, 6.45) is -5.23. The number of rotatable bonds is 3. The lowest BCUT2D eigenvalue weighted by atomic mass is 9.54. The van der Waals surface area contributed by atoms with Gasteiger partial charge in [-0.15, -0.1) is 0 Å². The summed E-state index contributed by atoms with van der Waals surface area (Å²) >= 11 is 0. The van der Waals surface area contributed by atoms with Crippen LogP contribution in [0.4, 0.5) is 43.9 Å². The van der Waals surface area contributed by atoms with Gasteiger partial charge in [0.05, 0.1) is 6.42 Å². The van der Waals surface area contributed by atoms with Crippen LogP contribution in [0.2, 0.25) is 0 Å². The maximum Gasteiger partial charge on any atom is 0.351 e. The second-order valence-electron chi connectivity index (χ2n) is 6.21. The van der Waals surface area contributed by atoms with Crippen LogP contribution in [0.1, 0.15) is 12.8 Å². The maximum atomic E-state index is 14.6. The molecule has 0 spiro atoms. The van der Waals surface area contributed by atoms with Gasteiger partial charge in [-0.05, 0) is 0 Å².